The maximum absolute atomic E-state index is 12.6. The lowest BCUT2D eigenvalue weighted by molar-refractivity contribution is 0.238. The number of nitrogens with zero attached hydrogens (tertiary/aromatic N) is 6. The second-order valence-corrected chi connectivity index (χ2v) is 8.04. The molecule has 0 bridgehead atoms. The molecule has 1 fully saturated rings. The fourth-order valence-electron chi connectivity index (χ4n) is 2.78. The average Bonchev–Trinajstić information content (AvgIpc) is 2.97. The summed E-state index contributed by atoms with van der Waals surface area (Å²) in [6.07, 6.45) is 1.36. The molecule has 1 aliphatic rings. The molecule has 0 aliphatic carbocycles. The third kappa shape index (κ3) is 2.99. The molecule has 1 saturated heterocycles. The molecule has 10 heteroatoms. The molecule has 3 rings (SSSR count). The Morgan fingerprint density at radius 1 is 1.17 bits per heavy atom. The zero-order valence-corrected chi connectivity index (χ0v) is 14.4. The van der Waals surface area contributed by atoms with Gasteiger partial charge in [-0.25, -0.2) is 4.79 Å². The number of hydrogen-bond donors (Lipinski definition) is 0. The summed E-state index contributed by atoms with van der Waals surface area (Å²) in [5.74, 6) is 0. The van der Waals surface area contributed by atoms with Crippen LogP contribution in [0.5, 0.6) is 0 Å². The number of piperidine rings is 1. The van der Waals surface area contributed by atoms with Crippen LogP contribution in [0.25, 0.3) is 5.69 Å². The van der Waals surface area contributed by atoms with Gasteiger partial charge in [0.2, 0.25) is 0 Å². The predicted octanol–water partition coefficient (Wildman–Crippen LogP) is -0.128. The van der Waals surface area contributed by atoms with Crippen LogP contribution >= 0.6 is 0 Å². The van der Waals surface area contributed by atoms with Gasteiger partial charge >= 0.3 is 5.69 Å². The summed E-state index contributed by atoms with van der Waals surface area (Å²) in [4.78, 5) is 12.6. The molecule has 9 nitrogen and oxygen atoms in total. The van der Waals surface area contributed by atoms with Gasteiger partial charge in [0.15, 0.2) is 0 Å². The third-order valence-corrected chi connectivity index (χ3v) is 6.00. The first-order chi connectivity index (χ1) is 11.4. The van der Waals surface area contributed by atoms with Crippen LogP contribution < -0.4 is 5.69 Å². The van der Waals surface area contributed by atoms with E-state index in [0.29, 0.717) is 25.1 Å². The third-order valence-electron chi connectivity index (χ3n) is 4.10. The number of para-hydroxylation sites is 1. The van der Waals surface area contributed by atoms with Crippen molar-refractivity contribution >= 4 is 10.2 Å². The topological polar surface area (TPSA) is 93.3 Å². The Morgan fingerprint density at radius 3 is 2.54 bits per heavy atom. The molecule has 2 aromatic rings. The van der Waals surface area contributed by atoms with Crippen LogP contribution in [-0.4, -0.2) is 64.0 Å². The highest BCUT2D eigenvalue weighted by Crippen LogP contribution is 2.22. The van der Waals surface area contributed by atoms with Crippen LogP contribution in [0.15, 0.2) is 35.1 Å². The van der Waals surface area contributed by atoms with Crippen molar-refractivity contribution in [3.63, 3.8) is 0 Å². The quantitative estimate of drug-likeness (QED) is 0.764. The van der Waals surface area contributed by atoms with Gasteiger partial charge in [0.1, 0.15) is 0 Å². The van der Waals surface area contributed by atoms with E-state index >= 15 is 0 Å². The van der Waals surface area contributed by atoms with Crippen molar-refractivity contribution in [3.05, 3.63) is 40.8 Å². The van der Waals surface area contributed by atoms with Crippen LogP contribution in [0.3, 0.4) is 0 Å². The number of rotatable bonds is 4. The molecule has 0 radical (unpaired) electrons. The lowest BCUT2D eigenvalue weighted by atomic mass is 10.1. The molecule has 0 saturated carbocycles. The molecule has 1 aromatic carbocycles. The van der Waals surface area contributed by atoms with E-state index in [1.165, 1.54) is 32.1 Å². The van der Waals surface area contributed by atoms with Gasteiger partial charge in [-0.1, -0.05) is 18.2 Å². The van der Waals surface area contributed by atoms with Gasteiger partial charge in [-0.3, -0.25) is 0 Å². The normalized spacial score (nSPS) is 19.7. The first-order valence-electron chi connectivity index (χ1n) is 7.69. The van der Waals surface area contributed by atoms with Crippen molar-refractivity contribution in [1.29, 1.82) is 0 Å². The van der Waals surface area contributed by atoms with E-state index in [0.717, 1.165) is 0 Å². The second-order valence-electron chi connectivity index (χ2n) is 5.90. The minimum atomic E-state index is -3.50. The van der Waals surface area contributed by atoms with Gasteiger partial charge in [0.25, 0.3) is 10.2 Å². The molecule has 130 valence electrons. The lowest BCUT2D eigenvalue weighted by Gasteiger charge is -2.32. The van der Waals surface area contributed by atoms with E-state index in [1.807, 2.05) is 18.2 Å². The first kappa shape index (κ1) is 16.8. The summed E-state index contributed by atoms with van der Waals surface area (Å²) in [5, 5.41) is 7.88. The summed E-state index contributed by atoms with van der Waals surface area (Å²) in [5.41, 5.74) is 0.262. The van der Waals surface area contributed by atoms with Crippen molar-refractivity contribution in [2.24, 2.45) is 0 Å². The maximum atomic E-state index is 12.6. The number of tetrazole rings is 1. The monoisotopic (exact) mass is 352 g/mol. The SMILES string of the molecule is CN(C)S(=O)(=O)N1CCC[C@H](n2nnn(-c3ccccc3)c2=O)C1. The Kier molecular flexibility index (Phi) is 4.52. The van der Waals surface area contributed by atoms with Crippen LogP contribution in [0, 0.1) is 0 Å². The average molecular weight is 352 g/mol. The van der Waals surface area contributed by atoms with E-state index in [1.54, 1.807) is 12.1 Å². The second kappa shape index (κ2) is 6.46. The van der Waals surface area contributed by atoms with E-state index in [4.69, 9.17) is 0 Å². The van der Waals surface area contributed by atoms with Crippen molar-refractivity contribution in [3.8, 4) is 5.69 Å². The highest BCUT2D eigenvalue weighted by atomic mass is 32.2. The predicted molar refractivity (Wildman–Crippen MR) is 88.1 cm³/mol. The smallest absolute Gasteiger partial charge is 0.244 e. The standard InChI is InChI=1S/C14H20N6O3S/c1-17(2)24(22,23)18-10-6-9-13(11-18)20-14(21)19(15-16-20)12-7-4-3-5-8-12/h3-5,7-8,13H,6,9-11H2,1-2H3/t13-/m0/s1. The molecular formula is C14H20N6O3S. The Hall–Kier alpha value is -2.04. The highest BCUT2D eigenvalue weighted by Gasteiger charge is 2.32. The molecule has 0 N–H and O–H groups in total. The molecule has 1 atom stereocenters. The van der Waals surface area contributed by atoms with E-state index in [2.05, 4.69) is 10.4 Å². The Balaban J connectivity index is 1.88. The fraction of sp³-hybridized carbons (Fsp3) is 0.500. The summed E-state index contributed by atoms with van der Waals surface area (Å²) < 4.78 is 29.7. The summed E-state index contributed by atoms with van der Waals surface area (Å²) in [6, 6.07) is 8.69. The molecule has 1 aromatic heterocycles. The molecule has 1 aliphatic heterocycles. The van der Waals surface area contributed by atoms with Gasteiger partial charge in [-0.2, -0.15) is 26.4 Å². The van der Waals surface area contributed by atoms with E-state index in [9.17, 15) is 13.2 Å². The molecule has 2 heterocycles. The largest absolute Gasteiger partial charge is 0.368 e. The molecule has 24 heavy (non-hydrogen) atoms. The van der Waals surface area contributed by atoms with Crippen molar-refractivity contribution in [1.82, 2.24) is 28.4 Å². The molecular weight excluding hydrogens is 332 g/mol. The van der Waals surface area contributed by atoms with Gasteiger partial charge in [-0.15, -0.1) is 0 Å². The number of aromatic nitrogens is 4. The van der Waals surface area contributed by atoms with Gasteiger partial charge in [0, 0.05) is 27.2 Å². The van der Waals surface area contributed by atoms with Crippen molar-refractivity contribution < 1.29 is 8.42 Å². The van der Waals surface area contributed by atoms with Crippen molar-refractivity contribution in [2.75, 3.05) is 27.2 Å². The van der Waals surface area contributed by atoms with E-state index < -0.39 is 10.2 Å². The Labute approximate surface area is 140 Å². The minimum absolute atomic E-state index is 0.216. The van der Waals surface area contributed by atoms with Crippen molar-refractivity contribution in [2.45, 2.75) is 18.9 Å². The zero-order valence-electron chi connectivity index (χ0n) is 13.6. The molecule has 0 unspecified atom stereocenters. The fourth-order valence-corrected chi connectivity index (χ4v) is 3.96. The van der Waals surface area contributed by atoms with Crippen LogP contribution in [0.1, 0.15) is 18.9 Å². The minimum Gasteiger partial charge on any atom is -0.244 e. The number of hydrogen-bond acceptors (Lipinski definition) is 5. The summed E-state index contributed by atoms with van der Waals surface area (Å²) in [7, 11) is -0.509. The number of benzene rings is 1. The highest BCUT2D eigenvalue weighted by molar-refractivity contribution is 7.86. The Bertz CT molecular complexity index is 858. The van der Waals surface area contributed by atoms with Gasteiger partial charge in [-0.05, 0) is 35.4 Å². The summed E-state index contributed by atoms with van der Waals surface area (Å²) >= 11 is 0. The van der Waals surface area contributed by atoms with Gasteiger partial charge < -0.3 is 0 Å². The summed E-state index contributed by atoms with van der Waals surface area (Å²) in [6.45, 7) is 0.659. The van der Waals surface area contributed by atoms with Gasteiger partial charge in [0.05, 0.1) is 11.7 Å². The zero-order chi connectivity index (χ0) is 17.3. The lowest BCUT2D eigenvalue weighted by Crippen LogP contribution is -2.47. The van der Waals surface area contributed by atoms with Crippen LogP contribution in [-0.2, 0) is 10.2 Å². The van der Waals surface area contributed by atoms with E-state index in [-0.39, 0.29) is 18.3 Å². The molecule has 0 amide bonds. The molecule has 0 spiro atoms. The Morgan fingerprint density at radius 2 is 1.88 bits per heavy atom. The van der Waals surface area contributed by atoms with Crippen LogP contribution in [0.2, 0.25) is 0 Å². The van der Waals surface area contributed by atoms with Crippen LogP contribution in [0.4, 0.5) is 0 Å². The maximum Gasteiger partial charge on any atom is 0.368 e. The first-order valence-corrected chi connectivity index (χ1v) is 9.08.